The monoisotopic (exact) mass is 261 g/mol. The number of anilines is 2. The lowest BCUT2D eigenvalue weighted by molar-refractivity contribution is -0.125. The molecule has 0 fully saturated rings. The SMILES string of the molecule is CC(=O)NC1CC(C)(C)c2ccc(N)cc2NC1=O. The molecule has 5 heteroatoms. The van der Waals surface area contributed by atoms with Crippen LogP contribution in [0, 0.1) is 0 Å². The molecule has 1 heterocycles. The second-order valence-corrected chi connectivity index (χ2v) is 5.64. The molecule has 0 spiro atoms. The number of fused-ring (bicyclic) bond motifs is 1. The largest absolute Gasteiger partial charge is 0.399 e. The first-order valence-electron chi connectivity index (χ1n) is 6.27. The average Bonchev–Trinajstić information content (AvgIpc) is 2.34. The van der Waals surface area contributed by atoms with Gasteiger partial charge in [0.05, 0.1) is 0 Å². The van der Waals surface area contributed by atoms with Gasteiger partial charge in [0, 0.05) is 18.3 Å². The topological polar surface area (TPSA) is 84.2 Å². The summed E-state index contributed by atoms with van der Waals surface area (Å²) in [6, 6.07) is 4.98. The van der Waals surface area contributed by atoms with E-state index in [0.717, 1.165) is 11.3 Å². The van der Waals surface area contributed by atoms with Crippen molar-refractivity contribution in [2.24, 2.45) is 0 Å². The Morgan fingerprint density at radius 3 is 2.79 bits per heavy atom. The lowest BCUT2D eigenvalue weighted by Crippen LogP contribution is -2.44. The molecule has 0 radical (unpaired) electrons. The number of carbonyl (C=O) groups excluding carboxylic acids is 2. The molecule has 1 atom stereocenters. The molecule has 0 saturated carbocycles. The number of nitrogens with one attached hydrogen (secondary N) is 2. The van der Waals surface area contributed by atoms with Gasteiger partial charge in [0.2, 0.25) is 11.8 Å². The lowest BCUT2D eigenvalue weighted by atomic mass is 9.79. The number of nitrogens with two attached hydrogens (primary N) is 1. The fourth-order valence-corrected chi connectivity index (χ4v) is 2.55. The van der Waals surface area contributed by atoms with Gasteiger partial charge in [-0.3, -0.25) is 9.59 Å². The zero-order chi connectivity index (χ0) is 14.2. The Balaban J connectivity index is 2.42. The second kappa shape index (κ2) is 4.57. The molecule has 0 saturated heterocycles. The summed E-state index contributed by atoms with van der Waals surface area (Å²) in [4.78, 5) is 23.3. The molecule has 0 aliphatic carbocycles. The second-order valence-electron chi connectivity index (χ2n) is 5.64. The maximum atomic E-state index is 12.1. The van der Waals surface area contributed by atoms with Crippen molar-refractivity contribution in [1.29, 1.82) is 0 Å². The molecule has 1 unspecified atom stereocenters. The number of carbonyl (C=O) groups is 2. The number of hydrogen-bond acceptors (Lipinski definition) is 3. The highest BCUT2D eigenvalue weighted by molar-refractivity contribution is 5.99. The number of rotatable bonds is 1. The molecular weight excluding hydrogens is 242 g/mol. The van der Waals surface area contributed by atoms with Crippen molar-refractivity contribution in [3.05, 3.63) is 23.8 Å². The van der Waals surface area contributed by atoms with Gasteiger partial charge in [-0.15, -0.1) is 0 Å². The molecule has 0 aromatic heterocycles. The first kappa shape index (κ1) is 13.4. The van der Waals surface area contributed by atoms with E-state index in [1.54, 1.807) is 6.07 Å². The Labute approximate surface area is 112 Å². The maximum absolute atomic E-state index is 12.1. The van der Waals surface area contributed by atoms with Gasteiger partial charge in [-0.1, -0.05) is 19.9 Å². The van der Waals surface area contributed by atoms with Crippen molar-refractivity contribution in [2.45, 2.75) is 38.6 Å². The van der Waals surface area contributed by atoms with Crippen LogP contribution in [-0.2, 0) is 15.0 Å². The Morgan fingerprint density at radius 1 is 1.47 bits per heavy atom. The Hall–Kier alpha value is -2.04. The summed E-state index contributed by atoms with van der Waals surface area (Å²) in [6.45, 7) is 5.52. The van der Waals surface area contributed by atoms with Crippen molar-refractivity contribution in [3.63, 3.8) is 0 Å². The van der Waals surface area contributed by atoms with E-state index >= 15 is 0 Å². The number of benzene rings is 1. The van der Waals surface area contributed by atoms with Crippen molar-refractivity contribution >= 4 is 23.2 Å². The van der Waals surface area contributed by atoms with Crippen LogP contribution in [0.4, 0.5) is 11.4 Å². The minimum Gasteiger partial charge on any atom is -0.399 e. The van der Waals surface area contributed by atoms with E-state index in [2.05, 4.69) is 24.5 Å². The minimum atomic E-state index is -0.527. The highest BCUT2D eigenvalue weighted by Crippen LogP contribution is 2.37. The van der Waals surface area contributed by atoms with E-state index in [-0.39, 0.29) is 17.2 Å². The summed E-state index contributed by atoms with van der Waals surface area (Å²) in [7, 11) is 0. The standard InChI is InChI=1S/C14H19N3O2/c1-8(18)16-12-7-14(2,3)10-5-4-9(15)6-11(10)17-13(12)19/h4-6,12H,7,15H2,1-3H3,(H,16,18)(H,17,19). The molecule has 5 nitrogen and oxygen atoms in total. The lowest BCUT2D eigenvalue weighted by Gasteiger charge is -2.27. The van der Waals surface area contributed by atoms with Gasteiger partial charge in [-0.25, -0.2) is 0 Å². The van der Waals surface area contributed by atoms with Crippen molar-refractivity contribution in [1.82, 2.24) is 5.32 Å². The van der Waals surface area contributed by atoms with E-state index in [1.165, 1.54) is 6.92 Å². The molecule has 1 aliphatic rings. The zero-order valence-corrected chi connectivity index (χ0v) is 11.4. The van der Waals surface area contributed by atoms with Crippen molar-refractivity contribution in [3.8, 4) is 0 Å². The average molecular weight is 261 g/mol. The van der Waals surface area contributed by atoms with Gasteiger partial charge < -0.3 is 16.4 Å². The van der Waals surface area contributed by atoms with Gasteiger partial charge >= 0.3 is 0 Å². The molecule has 19 heavy (non-hydrogen) atoms. The van der Waals surface area contributed by atoms with Crippen LogP contribution >= 0.6 is 0 Å². The summed E-state index contributed by atoms with van der Waals surface area (Å²) in [5.41, 5.74) is 7.89. The van der Waals surface area contributed by atoms with E-state index in [1.807, 2.05) is 12.1 Å². The molecule has 4 N–H and O–H groups in total. The van der Waals surface area contributed by atoms with Crippen LogP contribution in [0.1, 0.15) is 32.8 Å². The van der Waals surface area contributed by atoms with Crippen LogP contribution < -0.4 is 16.4 Å². The van der Waals surface area contributed by atoms with Gasteiger partial charge in [-0.05, 0) is 29.5 Å². The molecular formula is C14H19N3O2. The Morgan fingerprint density at radius 2 is 2.16 bits per heavy atom. The van der Waals surface area contributed by atoms with Gasteiger partial charge in [-0.2, -0.15) is 0 Å². The Bertz CT molecular complexity index is 537. The molecule has 2 rings (SSSR count). The summed E-state index contributed by atoms with van der Waals surface area (Å²) in [6.07, 6.45) is 0.551. The highest BCUT2D eigenvalue weighted by Gasteiger charge is 2.35. The van der Waals surface area contributed by atoms with Crippen molar-refractivity contribution < 1.29 is 9.59 Å². The fraction of sp³-hybridized carbons (Fsp3) is 0.429. The van der Waals surface area contributed by atoms with Crippen LogP contribution in [0.15, 0.2) is 18.2 Å². The molecule has 1 aliphatic heterocycles. The summed E-state index contributed by atoms with van der Waals surface area (Å²) >= 11 is 0. The van der Waals surface area contributed by atoms with E-state index in [0.29, 0.717) is 12.1 Å². The van der Waals surface area contributed by atoms with Crippen molar-refractivity contribution in [2.75, 3.05) is 11.1 Å². The molecule has 0 bridgehead atoms. The third kappa shape index (κ3) is 2.70. The normalized spacial score (nSPS) is 21.0. The quantitative estimate of drug-likeness (QED) is 0.668. The number of amides is 2. The van der Waals surface area contributed by atoms with Crippen LogP contribution in [0.5, 0.6) is 0 Å². The smallest absolute Gasteiger partial charge is 0.246 e. The molecule has 1 aromatic carbocycles. The Kier molecular flexibility index (Phi) is 3.22. The predicted octanol–water partition coefficient (Wildman–Crippen LogP) is 1.39. The summed E-state index contributed by atoms with van der Waals surface area (Å²) in [5, 5.41) is 5.53. The third-order valence-corrected chi connectivity index (χ3v) is 3.44. The summed E-state index contributed by atoms with van der Waals surface area (Å²) in [5.74, 6) is -0.408. The van der Waals surface area contributed by atoms with Gasteiger partial charge in [0.1, 0.15) is 6.04 Å². The molecule has 1 aromatic rings. The molecule has 102 valence electrons. The fourth-order valence-electron chi connectivity index (χ4n) is 2.55. The number of nitrogen functional groups attached to an aromatic ring is 1. The van der Waals surface area contributed by atoms with Gasteiger partial charge in [0.15, 0.2) is 0 Å². The third-order valence-electron chi connectivity index (χ3n) is 3.44. The predicted molar refractivity (Wildman–Crippen MR) is 74.7 cm³/mol. The van der Waals surface area contributed by atoms with E-state index in [9.17, 15) is 9.59 Å². The van der Waals surface area contributed by atoms with Crippen LogP contribution in [-0.4, -0.2) is 17.9 Å². The van der Waals surface area contributed by atoms with Gasteiger partial charge in [0.25, 0.3) is 0 Å². The highest BCUT2D eigenvalue weighted by atomic mass is 16.2. The van der Waals surface area contributed by atoms with Crippen LogP contribution in [0.3, 0.4) is 0 Å². The maximum Gasteiger partial charge on any atom is 0.246 e. The molecule has 2 amide bonds. The first-order valence-corrected chi connectivity index (χ1v) is 6.27. The van der Waals surface area contributed by atoms with E-state index < -0.39 is 6.04 Å². The van der Waals surface area contributed by atoms with E-state index in [4.69, 9.17) is 5.73 Å². The van der Waals surface area contributed by atoms with Crippen LogP contribution in [0.2, 0.25) is 0 Å². The number of hydrogen-bond donors (Lipinski definition) is 3. The zero-order valence-electron chi connectivity index (χ0n) is 11.4. The minimum absolute atomic E-state index is 0.201. The first-order chi connectivity index (χ1) is 8.79. The summed E-state index contributed by atoms with van der Waals surface area (Å²) < 4.78 is 0. The van der Waals surface area contributed by atoms with Crippen LogP contribution in [0.25, 0.3) is 0 Å².